The molecule has 0 radical (unpaired) electrons. The van der Waals surface area contributed by atoms with E-state index in [0.29, 0.717) is 28.6 Å². The molecule has 23 heavy (non-hydrogen) atoms. The Hall–Kier alpha value is -2.51. The van der Waals surface area contributed by atoms with Crippen LogP contribution in [0, 0.1) is 13.8 Å². The molecule has 3 rings (SSSR count). The Morgan fingerprint density at radius 1 is 1.22 bits per heavy atom. The summed E-state index contributed by atoms with van der Waals surface area (Å²) in [6, 6.07) is 0. The molecule has 0 saturated carbocycles. The summed E-state index contributed by atoms with van der Waals surface area (Å²) in [6.07, 6.45) is 5.17. The Morgan fingerprint density at radius 2 is 2.00 bits per heavy atom. The average molecular weight is 316 g/mol. The molecule has 8 nitrogen and oxygen atoms in total. The number of carbonyl (C=O) groups is 1. The highest BCUT2D eigenvalue weighted by Gasteiger charge is 2.17. The van der Waals surface area contributed by atoms with Crippen molar-refractivity contribution in [2.75, 3.05) is 18.0 Å². The van der Waals surface area contributed by atoms with E-state index < -0.39 is 0 Å². The van der Waals surface area contributed by atoms with Crippen molar-refractivity contribution in [1.82, 2.24) is 25.6 Å². The number of nitrogens with zero attached hydrogens (tertiary/aromatic N) is 5. The summed E-state index contributed by atoms with van der Waals surface area (Å²) in [4.78, 5) is 23.3. The molecule has 0 unspecified atom stereocenters. The normalized spacial score (nSPS) is 14.8. The molecule has 0 bridgehead atoms. The van der Waals surface area contributed by atoms with Crippen molar-refractivity contribution >= 4 is 11.9 Å². The number of hydrogen-bond acceptors (Lipinski definition) is 7. The van der Waals surface area contributed by atoms with E-state index in [9.17, 15) is 4.79 Å². The van der Waals surface area contributed by atoms with Crippen LogP contribution in [0.15, 0.2) is 10.8 Å². The van der Waals surface area contributed by atoms with Gasteiger partial charge in [-0.25, -0.2) is 14.6 Å². The van der Waals surface area contributed by atoms with Crippen LogP contribution in [0.1, 0.15) is 46.7 Å². The average Bonchev–Trinajstić information content (AvgIpc) is 2.98. The highest BCUT2D eigenvalue weighted by atomic mass is 16.6. The molecule has 0 atom stereocenters. The second-order valence-electron chi connectivity index (χ2n) is 5.70. The van der Waals surface area contributed by atoms with Gasteiger partial charge in [0.1, 0.15) is 11.4 Å². The molecule has 1 amide bonds. The summed E-state index contributed by atoms with van der Waals surface area (Å²) in [5, 5.41) is 10.2. The SMILES string of the molecule is Cc1nc(N2CCCCC2)ncc1C(=O)NCc1nonc1C. The Labute approximate surface area is 134 Å². The number of aromatic nitrogens is 4. The zero-order chi connectivity index (χ0) is 16.2. The lowest BCUT2D eigenvalue weighted by molar-refractivity contribution is 0.0948. The highest BCUT2D eigenvalue weighted by molar-refractivity contribution is 5.94. The smallest absolute Gasteiger partial charge is 0.255 e. The number of rotatable bonds is 4. The lowest BCUT2D eigenvalue weighted by Gasteiger charge is -2.26. The molecule has 122 valence electrons. The maximum atomic E-state index is 12.3. The van der Waals surface area contributed by atoms with Crippen LogP contribution in [0.3, 0.4) is 0 Å². The van der Waals surface area contributed by atoms with Gasteiger partial charge in [0, 0.05) is 19.3 Å². The van der Waals surface area contributed by atoms with E-state index >= 15 is 0 Å². The number of anilines is 1. The fourth-order valence-electron chi connectivity index (χ4n) is 2.59. The Bertz CT molecular complexity index is 693. The molecular weight excluding hydrogens is 296 g/mol. The van der Waals surface area contributed by atoms with Crippen LogP contribution in [0.25, 0.3) is 0 Å². The van der Waals surface area contributed by atoms with Crippen LogP contribution in [0.2, 0.25) is 0 Å². The summed E-state index contributed by atoms with van der Waals surface area (Å²) in [6.45, 7) is 5.82. The quantitative estimate of drug-likeness (QED) is 0.910. The van der Waals surface area contributed by atoms with Gasteiger partial charge in [-0.3, -0.25) is 4.79 Å². The first-order valence-corrected chi connectivity index (χ1v) is 7.80. The lowest BCUT2D eigenvalue weighted by Crippen LogP contribution is -2.32. The third kappa shape index (κ3) is 3.46. The topological polar surface area (TPSA) is 97.0 Å². The van der Waals surface area contributed by atoms with Gasteiger partial charge in [-0.2, -0.15) is 0 Å². The van der Waals surface area contributed by atoms with E-state index in [1.54, 1.807) is 13.1 Å². The molecule has 8 heteroatoms. The van der Waals surface area contributed by atoms with Gasteiger partial charge in [0.2, 0.25) is 5.95 Å². The van der Waals surface area contributed by atoms with Crippen molar-refractivity contribution in [1.29, 1.82) is 0 Å². The van der Waals surface area contributed by atoms with E-state index in [1.165, 1.54) is 6.42 Å². The van der Waals surface area contributed by atoms with Gasteiger partial charge in [0.15, 0.2) is 0 Å². The number of nitrogens with one attached hydrogen (secondary N) is 1. The zero-order valence-corrected chi connectivity index (χ0v) is 13.4. The van der Waals surface area contributed by atoms with Crippen molar-refractivity contribution in [2.24, 2.45) is 0 Å². The molecule has 1 saturated heterocycles. The lowest BCUT2D eigenvalue weighted by atomic mass is 10.1. The van der Waals surface area contributed by atoms with Crippen LogP contribution in [0.4, 0.5) is 5.95 Å². The summed E-state index contributed by atoms with van der Waals surface area (Å²) >= 11 is 0. The van der Waals surface area contributed by atoms with E-state index in [1.807, 2.05) is 6.92 Å². The zero-order valence-electron chi connectivity index (χ0n) is 13.4. The van der Waals surface area contributed by atoms with E-state index in [4.69, 9.17) is 0 Å². The van der Waals surface area contributed by atoms with Gasteiger partial charge in [0.05, 0.1) is 17.8 Å². The van der Waals surface area contributed by atoms with Gasteiger partial charge in [-0.15, -0.1) is 0 Å². The molecule has 3 heterocycles. The highest BCUT2D eigenvalue weighted by Crippen LogP contribution is 2.17. The van der Waals surface area contributed by atoms with Gasteiger partial charge in [-0.1, -0.05) is 10.3 Å². The summed E-state index contributed by atoms with van der Waals surface area (Å²) in [7, 11) is 0. The van der Waals surface area contributed by atoms with Crippen LogP contribution < -0.4 is 10.2 Å². The Kier molecular flexibility index (Phi) is 4.50. The first kappa shape index (κ1) is 15.4. The Balaban J connectivity index is 1.67. The van der Waals surface area contributed by atoms with Gasteiger partial charge < -0.3 is 10.2 Å². The molecule has 1 N–H and O–H groups in total. The minimum Gasteiger partial charge on any atom is -0.346 e. The van der Waals surface area contributed by atoms with Crippen LogP contribution in [0.5, 0.6) is 0 Å². The molecule has 0 aliphatic carbocycles. The molecule has 1 aliphatic heterocycles. The van der Waals surface area contributed by atoms with Crippen molar-refractivity contribution in [2.45, 2.75) is 39.7 Å². The largest absolute Gasteiger partial charge is 0.346 e. The van der Waals surface area contributed by atoms with Crippen molar-refractivity contribution in [3.8, 4) is 0 Å². The number of piperidine rings is 1. The van der Waals surface area contributed by atoms with Crippen LogP contribution in [-0.2, 0) is 6.54 Å². The van der Waals surface area contributed by atoms with Crippen molar-refractivity contribution in [3.05, 3.63) is 28.8 Å². The second-order valence-corrected chi connectivity index (χ2v) is 5.70. The minimum atomic E-state index is -0.227. The van der Waals surface area contributed by atoms with E-state index in [0.717, 1.165) is 25.9 Å². The number of carbonyl (C=O) groups excluding carboxylic acids is 1. The fourth-order valence-corrected chi connectivity index (χ4v) is 2.59. The molecule has 0 aromatic carbocycles. The van der Waals surface area contributed by atoms with Gasteiger partial charge in [0.25, 0.3) is 5.91 Å². The predicted molar refractivity (Wildman–Crippen MR) is 83.0 cm³/mol. The fraction of sp³-hybridized carbons (Fsp3) is 0.533. The third-order valence-corrected chi connectivity index (χ3v) is 4.01. The summed E-state index contributed by atoms with van der Waals surface area (Å²) in [5.41, 5.74) is 2.42. The third-order valence-electron chi connectivity index (χ3n) is 4.01. The van der Waals surface area contributed by atoms with E-state index in [2.05, 4.69) is 35.1 Å². The van der Waals surface area contributed by atoms with Crippen LogP contribution >= 0.6 is 0 Å². The summed E-state index contributed by atoms with van der Waals surface area (Å²) in [5.74, 6) is 0.477. The molecule has 0 spiro atoms. The monoisotopic (exact) mass is 316 g/mol. The molecule has 1 aliphatic rings. The maximum absolute atomic E-state index is 12.3. The summed E-state index contributed by atoms with van der Waals surface area (Å²) < 4.78 is 4.61. The first-order chi connectivity index (χ1) is 11.1. The first-order valence-electron chi connectivity index (χ1n) is 7.80. The molecule has 2 aromatic rings. The second kappa shape index (κ2) is 6.72. The number of hydrogen-bond donors (Lipinski definition) is 1. The number of aryl methyl sites for hydroxylation is 2. The van der Waals surface area contributed by atoms with E-state index in [-0.39, 0.29) is 12.5 Å². The molecule has 2 aromatic heterocycles. The predicted octanol–water partition coefficient (Wildman–Crippen LogP) is 1.40. The molecular formula is C15H20N6O2. The van der Waals surface area contributed by atoms with Crippen molar-refractivity contribution in [3.63, 3.8) is 0 Å². The van der Waals surface area contributed by atoms with Crippen LogP contribution in [-0.4, -0.2) is 39.3 Å². The molecule has 1 fully saturated rings. The van der Waals surface area contributed by atoms with Crippen molar-refractivity contribution < 1.29 is 9.42 Å². The number of amides is 1. The Morgan fingerprint density at radius 3 is 2.65 bits per heavy atom. The minimum absolute atomic E-state index is 0.227. The van der Waals surface area contributed by atoms with Gasteiger partial charge in [-0.05, 0) is 33.1 Å². The maximum Gasteiger partial charge on any atom is 0.255 e. The van der Waals surface area contributed by atoms with Gasteiger partial charge >= 0.3 is 0 Å². The standard InChI is InChI=1S/C15H20N6O2/c1-10-12(14(22)16-9-13-11(2)19-23-20-13)8-17-15(18-10)21-6-4-3-5-7-21/h8H,3-7,9H2,1-2H3,(H,16,22).